The smallest absolute Gasteiger partial charge is 0.306 e. The minimum atomic E-state index is -0.536. The van der Waals surface area contributed by atoms with Gasteiger partial charge in [-0.1, -0.05) is 230 Å². The molecule has 0 spiro atoms. The number of ether oxygens (including phenoxy) is 3. The van der Waals surface area contributed by atoms with E-state index in [9.17, 15) is 9.59 Å². The summed E-state index contributed by atoms with van der Waals surface area (Å²) in [6.07, 6.45) is 65.5. The summed E-state index contributed by atoms with van der Waals surface area (Å²) in [5.74, 6) is -0.397. The highest BCUT2D eigenvalue weighted by Gasteiger charge is 2.17. The Morgan fingerprint density at radius 3 is 1.10 bits per heavy atom. The number of esters is 2. The number of hydrogen-bond donors (Lipinski definition) is 0. The van der Waals surface area contributed by atoms with Gasteiger partial charge in [-0.3, -0.25) is 9.59 Å². The molecular formula is C57H104O5. The van der Waals surface area contributed by atoms with Gasteiger partial charge in [0.15, 0.2) is 6.10 Å². The lowest BCUT2D eigenvalue weighted by molar-refractivity contribution is -0.163. The first-order chi connectivity index (χ1) is 30.6. The molecule has 0 aliphatic heterocycles. The van der Waals surface area contributed by atoms with Crippen LogP contribution in [0.4, 0.5) is 0 Å². The Labute approximate surface area is 386 Å². The molecule has 0 aromatic heterocycles. The van der Waals surface area contributed by atoms with Gasteiger partial charge in [-0.05, 0) is 83.5 Å². The standard InChI is InChI=1S/C57H104O5/c1-4-7-10-13-16-19-21-23-25-27-29-31-33-35-37-39-41-44-47-50-56(58)61-54-55(53-60-52-49-46-43-18-15-12-9-6-3)62-57(59)51-48-45-42-40-38-36-34-32-30-28-26-24-22-20-17-14-11-8-5-2/h16-17,19-20,23-26,55H,4-15,18,21-22,27-54H2,1-3H3/b19-16-,20-17-,25-23-,26-24-. The van der Waals surface area contributed by atoms with E-state index < -0.39 is 6.10 Å². The number of allylic oxidation sites excluding steroid dienone is 8. The van der Waals surface area contributed by atoms with Crippen LogP contribution in [0.3, 0.4) is 0 Å². The SMILES string of the molecule is CCCCC/C=C\C/C=C\CCCCCCCCCCCC(=O)OCC(COCCCCCCCCCC)OC(=O)CCCCCCCCCCC/C=C\C/C=C\CCCCC. The molecule has 0 bridgehead atoms. The van der Waals surface area contributed by atoms with E-state index in [4.69, 9.17) is 14.2 Å². The van der Waals surface area contributed by atoms with E-state index in [0.29, 0.717) is 19.4 Å². The van der Waals surface area contributed by atoms with E-state index >= 15 is 0 Å². The molecule has 0 saturated heterocycles. The van der Waals surface area contributed by atoms with Crippen LogP contribution in [0.15, 0.2) is 48.6 Å². The molecule has 0 N–H and O–H groups in total. The van der Waals surface area contributed by atoms with Gasteiger partial charge in [-0.15, -0.1) is 0 Å². The highest BCUT2D eigenvalue weighted by molar-refractivity contribution is 5.70. The van der Waals surface area contributed by atoms with E-state index in [-0.39, 0.29) is 25.2 Å². The van der Waals surface area contributed by atoms with Gasteiger partial charge in [0.25, 0.3) is 0 Å². The zero-order valence-corrected chi connectivity index (χ0v) is 41.6. The molecule has 0 heterocycles. The number of carbonyl (C=O) groups excluding carboxylic acids is 2. The first-order valence-corrected chi connectivity index (χ1v) is 27.2. The van der Waals surface area contributed by atoms with Crippen molar-refractivity contribution in [3.05, 3.63) is 48.6 Å². The van der Waals surface area contributed by atoms with Crippen LogP contribution in [0.5, 0.6) is 0 Å². The fourth-order valence-corrected chi connectivity index (χ4v) is 7.75. The van der Waals surface area contributed by atoms with Gasteiger partial charge >= 0.3 is 11.9 Å². The highest BCUT2D eigenvalue weighted by atomic mass is 16.6. The molecule has 0 aliphatic carbocycles. The molecule has 0 rings (SSSR count). The largest absolute Gasteiger partial charge is 0.462 e. The van der Waals surface area contributed by atoms with Crippen LogP contribution in [0, 0.1) is 0 Å². The third kappa shape index (κ3) is 50.5. The molecule has 0 radical (unpaired) electrons. The van der Waals surface area contributed by atoms with E-state index in [1.165, 1.54) is 193 Å². The molecule has 0 aliphatic rings. The summed E-state index contributed by atoms with van der Waals surface area (Å²) in [6.45, 7) is 7.79. The fraction of sp³-hybridized carbons (Fsp3) is 0.825. The Kier molecular flexibility index (Phi) is 51.4. The Hall–Kier alpha value is -2.14. The first kappa shape index (κ1) is 59.9. The first-order valence-electron chi connectivity index (χ1n) is 27.2. The second-order valence-electron chi connectivity index (χ2n) is 18.1. The third-order valence-corrected chi connectivity index (χ3v) is 11.8. The van der Waals surface area contributed by atoms with E-state index in [1.807, 2.05) is 0 Å². The molecule has 0 fully saturated rings. The van der Waals surface area contributed by atoms with Crippen LogP contribution in [-0.4, -0.2) is 37.9 Å². The summed E-state index contributed by atoms with van der Waals surface area (Å²) < 4.78 is 17.4. The number of carbonyl (C=O) groups is 2. The minimum Gasteiger partial charge on any atom is -0.462 e. The van der Waals surface area contributed by atoms with Gasteiger partial charge < -0.3 is 14.2 Å². The lowest BCUT2D eigenvalue weighted by atomic mass is 10.1. The summed E-state index contributed by atoms with van der Waals surface area (Å²) in [5, 5.41) is 0. The zero-order chi connectivity index (χ0) is 44.9. The van der Waals surface area contributed by atoms with E-state index in [1.54, 1.807) is 0 Å². The Bertz CT molecular complexity index is 1030. The van der Waals surface area contributed by atoms with Crippen LogP contribution in [-0.2, 0) is 23.8 Å². The van der Waals surface area contributed by atoms with E-state index in [2.05, 4.69) is 69.4 Å². The topological polar surface area (TPSA) is 61.8 Å². The number of hydrogen-bond acceptors (Lipinski definition) is 5. The monoisotopic (exact) mass is 869 g/mol. The molecule has 0 saturated carbocycles. The summed E-state index contributed by atoms with van der Waals surface area (Å²) in [5.41, 5.74) is 0. The number of unbranched alkanes of at least 4 members (excludes halogenated alkanes) is 31. The van der Waals surface area contributed by atoms with Crippen molar-refractivity contribution in [3.63, 3.8) is 0 Å². The van der Waals surface area contributed by atoms with Gasteiger partial charge in [0.1, 0.15) is 6.61 Å². The second-order valence-corrected chi connectivity index (χ2v) is 18.1. The number of rotatable bonds is 50. The van der Waals surface area contributed by atoms with Crippen molar-refractivity contribution in [2.24, 2.45) is 0 Å². The molecule has 0 aromatic carbocycles. The molecule has 5 nitrogen and oxygen atoms in total. The molecule has 0 aromatic rings. The molecular weight excluding hydrogens is 765 g/mol. The average Bonchev–Trinajstić information content (AvgIpc) is 3.27. The molecule has 362 valence electrons. The van der Waals surface area contributed by atoms with Crippen molar-refractivity contribution in [1.29, 1.82) is 0 Å². The van der Waals surface area contributed by atoms with Crippen molar-refractivity contribution in [1.82, 2.24) is 0 Å². The summed E-state index contributed by atoms with van der Waals surface area (Å²) in [4.78, 5) is 25.4. The molecule has 1 atom stereocenters. The second kappa shape index (κ2) is 53.2. The van der Waals surface area contributed by atoms with Crippen molar-refractivity contribution in [2.45, 2.75) is 284 Å². The van der Waals surface area contributed by atoms with Crippen molar-refractivity contribution >= 4 is 11.9 Å². The fourth-order valence-electron chi connectivity index (χ4n) is 7.75. The maximum atomic E-state index is 12.8. The van der Waals surface area contributed by atoms with Gasteiger partial charge in [-0.2, -0.15) is 0 Å². The molecule has 1 unspecified atom stereocenters. The summed E-state index contributed by atoms with van der Waals surface area (Å²) >= 11 is 0. The quantitative estimate of drug-likeness (QED) is 0.0346. The predicted octanol–water partition coefficient (Wildman–Crippen LogP) is 18.3. The Morgan fingerprint density at radius 1 is 0.355 bits per heavy atom. The maximum absolute atomic E-state index is 12.8. The highest BCUT2D eigenvalue weighted by Crippen LogP contribution is 2.15. The zero-order valence-electron chi connectivity index (χ0n) is 41.6. The summed E-state index contributed by atoms with van der Waals surface area (Å²) in [7, 11) is 0. The van der Waals surface area contributed by atoms with Gasteiger partial charge in [0, 0.05) is 19.4 Å². The molecule has 62 heavy (non-hydrogen) atoms. The average molecular weight is 869 g/mol. The van der Waals surface area contributed by atoms with Crippen molar-refractivity contribution in [3.8, 4) is 0 Å². The predicted molar refractivity (Wildman–Crippen MR) is 270 cm³/mol. The van der Waals surface area contributed by atoms with E-state index in [0.717, 1.165) is 51.4 Å². The molecule has 5 heteroatoms. The van der Waals surface area contributed by atoms with Crippen LogP contribution in [0.1, 0.15) is 278 Å². The van der Waals surface area contributed by atoms with Crippen LogP contribution in [0.2, 0.25) is 0 Å². The van der Waals surface area contributed by atoms with Crippen molar-refractivity contribution in [2.75, 3.05) is 19.8 Å². The van der Waals surface area contributed by atoms with Gasteiger partial charge in [0.2, 0.25) is 0 Å². The summed E-state index contributed by atoms with van der Waals surface area (Å²) in [6, 6.07) is 0. The van der Waals surface area contributed by atoms with Crippen LogP contribution in [0.25, 0.3) is 0 Å². The Morgan fingerprint density at radius 2 is 0.677 bits per heavy atom. The van der Waals surface area contributed by atoms with Crippen molar-refractivity contribution < 1.29 is 23.8 Å². The normalized spacial score (nSPS) is 12.5. The lowest BCUT2D eigenvalue weighted by Crippen LogP contribution is -2.30. The van der Waals surface area contributed by atoms with Gasteiger partial charge in [-0.25, -0.2) is 0 Å². The van der Waals surface area contributed by atoms with Crippen LogP contribution < -0.4 is 0 Å². The van der Waals surface area contributed by atoms with Crippen LogP contribution >= 0.6 is 0 Å². The lowest BCUT2D eigenvalue weighted by Gasteiger charge is -2.18. The molecule has 0 amide bonds. The van der Waals surface area contributed by atoms with Gasteiger partial charge in [0.05, 0.1) is 6.61 Å². The minimum absolute atomic E-state index is 0.0841. The third-order valence-electron chi connectivity index (χ3n) is 11.8. The Balaban J connectivity index is 4.13. The maximum Gasteiger partial charge on any atom is 0.306 e.